The molecule has 2 radical (unpaired) electrons. The minimum atomic E-state index is -3.81. The van der Waals surface area contributed by atoms with Crippen molar-refractivity contribution in [2.24, 2.45) is 0 Å². The summed E-state index contributed by atoms with van der Waals surface area (Å²) in [5.74, 6) is 0. The van der Waals surface area contributed by atoms with E-state index in [0.29, 0.717) is 42.5 Å². The van der Waals surface area contributed by atoms with Gasteiger partial charge in [-0.05, 0) is 48.7 Å². The summed E-state index contributed by atoms with van der Waals surface area (Å²) in [6.45, 7) is 0. The van der Waals surface area contributed by atoms with Crippen LogP contribution in [-0.2, 0) is 15.3 Å². The quantitative estimate of drug-likeness (QED) is 0.211. The number of sulfone groups is 1. The zero-order valence-electron chi connectivity index (χ0n) is 20.4. The van der Waals surface area contributed by atoms with E-state index in [4.69, 9.17) is 47.7 Å². The summed E-state index contributed by atoms with van der Waals surface area (Å²) < 4.78 is 28.2. The zero-order valence-corrected chi connectivity index (χ0v) is 24.3. The van der Waals surface area contributed by atoms with Crippen LogP contribution in [-0.4, -0.2) is 42.5 Å². The highest BCUT2D eigenvalue weighted by Crippen LogP contribution is 2.55. The predicted molar refractivity (Wildman–Crippen MR) is 158 cm³/mol. The first-order valence-electron chi connectivity index (χ1n) is 11.8. The van der Waals surface area contributed by atoms with Gasteiger partial charge in [0.15, 0.2) is 14.8 Å². The van der Waals surface area contributed by atoms with Crippen molar-refractivity contribution in [2.45, 2.75) is 23.2 Å². The zero-order chi connectivity index (χ0) is 27.5. The van der Waals surface area contributed by atoms with Crippen molar-refractivity contribution in [3.8, 4) is 27.6 Å². The molecule has 1 fully saturated rings. The Morgan fingerprint density at radius 3 is 2.21 bits per heavy atom. The van der Waals surface area contributed by atoms with E-state index >= 15 is 0 Å². The van der Waals surface area contributed by atoms with Crippen molar-refractivity contribution in [3.63, 3.8) is 0 Å². The fourth-order valence-electron chi connectivity index (χ4n) is 4.65. The minimum absolute atomic E-state index is 0.0253. The Morgan fingerprint density at radius 1 is 0.923 bits per heavy atom. The Labute approximate surface area is 245 Å². The Bertz CT molecular complexity index is 1830. The van der Waals surface area contributed by atoms with E-state index in [1.165, 1.54) is 16.0 Å². The second-order valence-electron chi connectivity index (χ2n) is 9.43. The van der Waals surface area contributed by atoms with Crippen LogP contribution < -0.4 is 5.46 Å². The van der Waals surface area contributed by atoms with Gasteiger partial charge in [0.1, 0.15) is 23.4 Å². The number of aromatic nitrogens is 4. The van der Waals surface area contributed by atoms with Gasteiger partial charge >= 0.3 is 0 Å². The van der Waals surface area contributed by atoms with E-state index in [1.54, 1.807) is 42.5 Å². The maximum absolute atomic E-state index is 13.4. The van der Waals surface area contributed by atoms with Crippen LogP contribution in [0, 0.1) is 0 Å². The van der Waals surface area contributed by atoms with Gasteiger partial charge in [0.05, 0.1) is 16.4 Å². The fourth-order valence-corrected chi connectivity index (χ4v) is 7.48. The molecule has 0 aliphatic heterocycles. The Kier molecular flexibility index (Phi) is 6.63. The van der Waals surface area contributed by atoms with E-state index in [2.05, 4.69) is 10.2 Å². The van der Waals surface area contributed by atoms with Gasteiger partial charge in [-0.15, -0.1) is 10.2 Å². The maximum Gasteiger partial charge on any atom is 0.180 e. The summed E-state index contributed by atoms with van der Waals surface area (Å²) in [6.07, 6.45) is 2.97. The molecular weight excluding hydrogens is 594 g/mol. The molecule has 6 nitrogen and oxygen atoms in total. The lowest BCUT2D eigenvalue weighted by Gasteiger charge is -2.11. The average molecular weight is 612 g/mol. The number of hydrogen-bond acceptors (Lipinski definition) is 6. The summed E-state index contributed by atoms with van der Waals surface area (Å²) in [4.78, 5) is 0.0253. The number of hydrogen-bond donors (Lipinski definition) is 0. The molecule has 0 N–H and O–H groups in total. The Hall–Kier alpha value is -2.69. The molecule has 2 aromatic heterocycles. The smallest absolute Gasteiger partial charge is 0.180 e. The first-order chi connectivity index (χ1) is 18.6. The molecule has 0 spiro atoms. The Balaban J connectivity index is 1.58. The summed E-state index contributed by atoms with van der Waals surface area (Å²) in [7, 11) is 2.11. The third-order valence-corrected chi connectivity index (χ3v) is 9.77. The lowest BCUT2D eigenvalue weighted by molar-refractivity contribution is 0.602. The molecule has 0 amide bonds. The molecule has 3 aromatic carbocycles. The summed E-state index contributed by atoms with van der Waals surface area (Å²) in [5.41, 5.74) is 2.97. The monoisotopic (exact) mass is 610 g/mol. The Morgan fingerprint density at radius 2 is 1.59 bits per heavy atom. The van der Waals surface area contributed by atoms with Crippen LogP contribution in [0.1, 0.15) is 23.4 Å². The van der Waals surface area contributed by atoms with E-state index in [0.717, 1.165) is 29.7 Å². The molecule has 194 valence electrons. The largest absolute Gasteiger partial charge is 0.229 e. The summed E-state index contributed by atoms with van der Waals surface area (Å²) in [6, 6.07) is 19.5. The standard InChI is InChI=1S/C27H18BCl3N4O2S2/c1-39(36,37)24-22(25-32-33-26(38-25)27(12-13-27)16-4-8-18(29)9-5-16)34-35(21-11-10-19(30)14-20(21)31)23(24)15-2-6-17(28)7-3-15/h2-11,14H,12-13H2,1H3. The highest BCUT2D eigenvalue weighted by atomic mass is 35.5. The molecular formula is C27H18BCl3N4O2S2. The SMILES string of the molecule is [B]c1ccc(-c2c(S(C)(=O)=O)c(-c3nnc(C4(c5ccc(Cl)cc5)CC4)s3)nn2-c2ccc(Cl)cc2Cl)cc1. The summed E-state index contributed by atoms with van der Waals surface area (Å²) >= 11 is 20.2. The first-order valence-corrected chi connectivity index (χ1v) is 15.7. The first kappa shape index (κ1) is 26.5. The van der Waals surface area contributed by atoms with Crippen LogP contribution in [0.25, 0.3) is 27.6 Å². The van der Waals surface area contributed by atoms with E-state index in [9.17, 15) is 8.42 Å². The van der Waals surface area contributed by atoms with Crippen molar-refractivity contribution < 1.29 is 8.42 Å². The van der Waals surface area contributed by atoms with Gasteiger partial charge in [0.25, 0.3) is 0 Å². The molecule has 39 heavy (non-hydrogen) atoms. The lowest BCUT2D eigenvalue weighted by Crippen LogP contribution is -2.07. The van der Waals surface area contributed by atoms with E-state index in [-0.39, 0.29) is 16.0 Å². The second kappa shape index (κ2) is 9.75. The molecule has 12 heteroatoms. The topological polar surface area (TPSA) is 77.7 Å². The van der Waals surface area contributed by atoms with Crippen molar-refractivity contribution in [3.05, 3.63) is 92.4 Å². The number of benzene rings is 3. The van der Waals surface area contributed by atoms with Gasteiger partial charge in [-0.25, -0.2) is 13.1 Å². The molecule has 0 bridgehead atoms. The lowest BCUT2D eigenvalue weighted by atomic mass is 9.95. The number of halogens is 3. The molecule has 2 heterocycles. The van der Waals surface area contributed by atoms with Gasteiger partial charge in [-0.1, -0.05) is 88.0 Å². The van der Waals surface area contributed by atoms with Crippen LogP contribution in [0.4, 0.5) is 0 Å². The molecule has 0 unspecified atom stereocenters. The van der Waals surface area contributed by atoms with Gasteiger partial charge in [0, 0.05) is 27.3 Å². The van der Waals surface area contributed by atoms with Crippen molar-refractivity contribution in [1.82, 2.24) is 20.0 Å². The fraction of sp³-hybridized carbons (Fsp3) is 0.148. The van der Waals surface area contributed by atoms with E-state index < -0.39 is 9.84 Å². The van der Waals surface area contributed by atoms with Gasteiger partial charge < -0.3 is 0 Å². The molecule has 6 rings (SSSR count). The molecule has 0 atom stereocenters. The van der Waals surface area contributed by atoms with Gasteiger partial charge in [0.2, 0.25) is 0 Å². The number of nitrogens with zero attached hydrogens (tertiary/aromatic N) is 4. The molecule has 1 aliphatic rings. The van der Waals surface area contributed by atoms with Crippen molar-refractivity contribution >= 4 is 69.3 Å². The third kappa shape index (κ3) is 4.81. The van der Waals surface area contributed by atoms with Crippen LogP contribution in [0.2, 0.25) is 15.1 Å². The van der Waals surface area contributed by atoms with Crippen molar-refractivity contribution in [1.29, 1.82) is 0 Å². The summed E-state index contributed by atoms with van der Waals surface area (Å²) in [5, 5.41) is 16.3. The number of rotatable bonds is 6. The predicted octanol–water partition coefficient (Wildman–Crippen LogP) is 6.30. The normalized spacial score (nSPS) is 14.5. The molecule has 1 saturated carbocycles. The van der Waals surface area contributed by atoms with Crippen LogP contribution in [0.15, 0.2) is 71.6 Å². The third-order valence-electron chi connectivity index (χ3n) is 6.72. The van der Waals surface area contributed by atoms with E-state index in [1.807, 2.05) is 24.3 Å². The van der Waals surface area contributed by atoms with Crippen LogP contribution in [0.3, 0.4) is 0 Å². The highest BCUT2D eigenvalue weighted by molar-refractivity contribution is 7.91. The minimum Gasteiger partial charge on any atom is -0.229 e. The maximum atomic E-state index is 13.4. The van der Waals surface area contributed by atoms with Crippen LogP contribution in [0.5, 0.6) is 0 Å². The van der Waals surface area contributed by atoms with Gasteiger partial charge in [-0.2, -0.15) is 5.10 Å². The molecule has 5 aromatic rings. The molecule has 0 saturated heterocycles. The average Bonchev–Trinajstić information content (AvgIpc) is 3.35. The van der Waals surface area contributed by atoms with Crippen LogP contribution >= 0.6 is 46.1 Å². The van der Waals surface area contributed by atoms with Gasteiger partial charge in [-0.3, -0.25) is 0 Å². The molecule has 1 aliphatic carbocycles. The second-order valence-corrected chi connectivity index (χ2v) is 13.6. The highest BCUT2D eigenvalue weighted by Gasteiger charge is 2.49. The van der Waals surface area contributed by atoms with Crippen molar-refractivity contribution in [2.75, 3.05) is 6.26 Å².